The van der Waals surface area contributed by atoms with Gasteiger partial charge in [0.1, 0.15) is 12.3 Å². The SMILES string of the molecule is CCOC(=O)NC1=Nc2cc(OCCCC(=O)NN3CCOCC3)ccc2CN1CC(=O)OC. The van der Waals surface area contributed by atoms with Crippen LogP contribution in [0.2, 0.25) is 0 Å². The molecule has 2 N–H and O–H groups in total. The lowest BCUT2D eigenvalue weighted by atomic mass is 10.1. The minimum absolute atomic E-state index is 0.0547. The number of amides is 2. The van der Waals surface area contributed by atoms with Gasteiger partial charge in [-0.05, 0) is 25.0 Å². The third-order valence-corrected chi connectivity index (χ3v) is 5.09. The van der Waals surface area contributed by atoms with Gasteiger partial charge in [0.05, 0.1) is 39.2 Å². The molecule has 0 aliphatic carbocycles. The first-order valence-corrected chi connectivity index (χ1v) is 11.2. The summed E-state index contributed by atoms with van der Waals surface area (Å²) in [6, 6.07) is 5.42. The Balaban J connectivity index is 1.56. The Hall–Kier alpha value is -3.38. The maximum absolute atomic E-state index is 12.1. The minimum atomic E-state index is -0.665. The summed E-state index contributed by atoms with van der Waals surface area (Å²) in [5.41, 5.74) is 4.33. The second-order valence-corrected chi connectivity index (χ2v) is 7.59. The van der Waals surface area contributed by atoms with E-state index in [0.717, 1.165) is 5.56 Å². The van der Waals surface area contributed by atoms with E-state index in [1.165, 1.54) is 7.11 Å². The van der Waals surface area contributed by atoms with Crippen molar-refractivity contribution in [3.8, 4) is 5.75 Å². The summed E-state index contributed by atoms with van der Waals surface area (Å²) in [7, 11) is 1.30. The first-order valence-electron chi connectivity index (χ1n) is 11.2. The fourth-order valence-electron chi connectivity index (χ4n) is 3.38. The lowest BCUT2D eigenvalue weighted by molar-refractivity contribution is -0.141. The first kappa shape index (κ1) is 25.2. The van der Waals surface area contributed by atoms with E-state index in [1.807, 2.05) is 17.1 Å². The number of benzene rings is 1. The normalized spacial score (nSPS) is 15.6. The van der Waals surface area contributed by atoms with Crippen LogP contribution in [0.4, 0.5) is 10.5 Å². The van der Waals surface area contributed by atoms with E-state index in [2.05, 4.69) is 15.7 Å². The van der Waals surface area contributed by atoms with Crippen LogP contribution in [0.15, 0.2) is 23.2 Å². The Kier molecular flexibility index (Phi) is 9.47. The molecule has 1 aromatic rings. The first-order chi connectivity index (χ1) is 16.5. The standard InChI is InChI=1S/C22H31N5O7/c1-3-33-22(30)24-21-23-18-13-17(7-6-16(18)14-26(21)15-20(29)31-2)34-10-4-5-19(28)25-27-8-11-32-12-9-27/h6-7,13H,3-5,8-12,14-15H2,1-2H3,(H,25,28)(H,23,24,30). The van der Waals surface area contributed by atoms with Crippen molar-refractivity contribution in [2.45, 2.75) is 26.3 Å². The van der Waals surface area contributed by atoms with Gasteiger partial charge in [-0.3, -0.25) is 20.3 Å². The number of hydrogen-bond acceptors (Lipinski definition) is 10. The van der Waals surface area contributed by atoms with Crippen LogP contribution in [0.1, 0.15) is 25.3 Å². The van der Waals surface area contributed by atoms with Crippen molar-refractivity contribution >= 4 is 29.6 Å². The van der Waals surface area contributed by atoms with Crippen LogP contribution in [0.25, 0.3) is 0 Å². The van der Waals surface area contributed by atoms with Gasteiger partial charge in [-0.2, -0.15) is 0 Å². The quantitative estimate of drug-likeness (QED) is 0.394. The highest BCUT2D eigenvalue weighted by molar-refractivity contribution is 5.97. The van der Waals surface area contributed by atoms with Crippen molar-refractivity contribution < 1.29 is 33.3 Å². The molecule has 1 fully saturated rings. The maximum Gasteiger partial charge on any atom is 0.413 e. The molecule has 186 valence electrons. The van der Waals surface area contributed by atoms with Crippen molar-refractivity contribution in [1.82, 2.24) is 20.7 Å². The zero-order valence-corrected chi connectivity index (χ0v) is 19.5. The number of nitrogens with one attached hydrogen (secondary N) is 2. The summed E-state index contributed by atoms with van der Waals surface area (Å²) in [6.07, 6.45) is 0.234. The molecule has 2 amide bonds. The fraction of sp³-hybridized carbons (Fsp3) is 0.545. The Labute approximate surface area is 198 Å². The van der Waals surface area contributed by atoms with Crippen molar-refractivity contribution in [2.75, 3.05) is 53.2 Å². The van der Waals surface area contributed by atoms with Crippen LogP contribution in [0.5, 0.6) is 5.75 Å². The number of esters is 1. The van der Waals surface area contributed by atoms with Crippen LogP contribution in [0.3, 0.4) is 0 Å². The number of hydrazine groups is 1. The van der Waals surface area contributed by atoms with Gasteiger partial charge >= 0.3 is 12.1 Å². The van der Waals surface area contributed by atoms with E-state index >= 15 is 0 Å². The third-order valence-electron chi connectivity index (χ3n) is 5.09. The number of guanidine groups is 1. The molecule has 2 aliphatic heterocycles. The summed E-state index contributed by atoms with van der Waals surface area (Å²) < 4.78 is 20.7. The molecule has 2 heterocycles. The van der Waals surface area contributed by atoms with Gasteiger partial charge < -0.3 is 23.8 Å². The Morgan fingerprint density at radius 3 is 2.74 bits per heavy atom. The molecule has 34 heavy (non-hydrogen) atoms. The van der Waals surface area contributed by atoms with Crippen LogP contribution in [-0.4, -0.2) is 87.0 Å². The molecule has 0 atom stereocenters. The molecule has 3 rings (SSSR count). The van der Waals surface area contributed by atoms with E-state index in [4.69, 9.17) is 18.9 Å². The van der Waals surface area contributed by atoms with Crippen LogP contribution >= 0.6 is 0 Å². The van der Waals surface area contributed by atoms with E-state index in [0.29, 0.717) is 63.7 Å². The van der Waals surface area contributed by atoms with Gasteiger partial charge in [-0.1, -0.05) is 6.07 Å². The number of carbonyl (C=O) groups is 3. The van der Waals surface area contributed by atoms with Crippen LogP contribution in [-0.2, 0) is 30.3 Å². The molecule has 0 unspecified atom stereocenters. The molecule has 12 heteroatoms. The summed E-state index contributed by atoms with van der Waals surface area (Å²) in [6.45, 7) is 5.12. The Morgan fingerprint density at radius 1 is 1.21 bits per heavy atom. The number of nitrogens with zero attached hydrogens (tertiary/aromatic N) is 3. The second kappa shape index (κ2) is 12.8. The number of ether oxygens (including phenoxy) is 4. The molecule has 0 aromatic heterocycles. The van der Waals surface area contributed by atoms with Crippen molar-refractivity contribution in [1.29, 1.82) is 0 Å². The molecule has 12 nitrogen and oxygen atoms in total. The predicted molar refractivity (Wildman–Crippen MR) is 121 cm³/mol. The largest absolute Gasteiger partial charge is 0.494 e. The molecule has 1 saturated heterocycles. The van der Waals surface area contributed by atoms with E-state index in [-0.39, 0.29) is 25.0 Å². The van der Waals surface area contributed by atoms with Crippen molar-refractivity contribution in [3.05, 3.63) is 23.8 Å². The number of alkyl carbamates (subject to hydrolysis) is 1. The highest BCUT2D eigenvalue weighted by Gasteiger charge is 2.24. The smallest absolute Gasteiger partial charge is 0.413 e. The average molecular weight is 478 g/mol. The second-order valence-electron chi connectivity index (χ2n) is 7.59. The number of morpholine rings is 1. The van der Waals surface area contributed by atoms with Gasteiger partial charge in [0, 0.05) is 32.1 Å². The molecule has 1 aromatic carbocycles. The highest BCUT2D eigenvalue weighted by atomic mass is 16.5. The van der Waals surface area contributed by atoms with Gasteiger partial charge in [0.15, 0.2) is 0 Å². The highest BCUT2D eigenvalue weighted by Crippen LogP contribution is 2.30. The molecular formula is C22H31N5O7. The predicted octanol–water partition coefficient (Wildman–Crippen LogP) is 0.931. The third kappa shape index (κ3) is 7.59. The van der Waals surface area contributed by atoms with E-state index in [1.54, 1.807) is 17.9 Å². The summed E-state index contributed by atoms with van der Waals surface area (Å²) in [5, 5.41) is 4.43. The number of rotatable bonds is 9. The van der Waals surface area contributed by atoms with Gasteiger partial charge in [-0.15, -0.1) is 0 Å². The van der Waals surface area contributed by atoms with E-state index in [9.17, 15) is 14.4 Å². The van der Waals surface area contributed by atoms with Crippen molar-refractivity contribution in [3.63, 3.8) is 0 Å². The topological polar surface area (TPSA) is 131 Å². The zero-order valence-electron chi connectivity index (χ0n) is 19.5. The molecule has 0 spiro atoms. The lowest BCUT2D eigenvalue weighted by Gasteiger charge is -2.29. The Morgan fingerprint density at radius 2 is 2.00 bits per heavy atom. The number of hydrogen-bond donors (Lipinski definition) is 2. The zero-order chi connectivity index (χ0) is 24.3. The summed E-state index contributed by atoms with van der Waals surface area (Å²) >= 11 is 0. The number of methoxy groups -OCH3 is 1. The molecule has 2 aliphatic rings. The number of carbonyl (C=O) groups excluding carboxylic acids is 3. The van der Waals surface area contributed by atoms with Crippen molar-refractivity contribution in [2.24, 2.45) is 4.99 Å². The average Bonchev–Trinajstić information content (AvgIpc) is 2.83. The maximum atomic E-state index is 12.1. The molecular weight excluding hydrogens is 446 g/mol. The number of fused-ring (bicyclic) bond motifs is 1. The summed E-state index contributed by atoms with van der Waals surface area (Å²) in [4.78, 5) is 41.9. The van der Waals surface area contributed by atoms with Gasteiger partial charge in [-0.25, -0.2) is 14.8 Å². The van der Waals surface area contributed by atoms with E-state index < -0.39 is 12.1 Å². The lowest BCUT2D eigenvalue weighted by Crippen LogP contribution is -2.48. The fourth-order valence-corrected chi connectivity index (χ4v) is 3.38. The van der Waals surface area contributed by atoms with Gasteiger partial charge in [0.25, 0.3) is 0 Å². The van der Waals surface area contributed by atoms with Crippen LogP contribution < -0.4 is 15.5 Å². The Bertz CT molecular complexity index is 902. The summed E-state index contributed by atoms with van der Waals surface area (Å²) in [5.74, 6) is 0.265. The number of aliphatic imine (C=N–C) groups is 1. The molecule has 0 radical (unpaired) electrons. The minimum Gasteiger partial charge on any atom is -0.494 e. The molecule has 0 bridgehead atoms. The van der Waals surface area contributed by atoms with Gasteiger partial charge in [0.2, 0.25) is 11.9 Å². The molecule has 0 saturated carbocycles. The monoisotopic (exact) mass is 477 g/mol. The van der Waals surface area contributed by atoms with Crippen LogP contribution in [0, 0.1) is 0 Å².